The SMILES string of the molecule is CCC(CO)N1CCN(c2ccc(-n3nc(C)cc3C)nn2)CC1. The molecule has 1 fully saturated rings. The van der Waals surface area contributed by atoms with Gasteiger partial charge in [0.15, 0.2) is 11.6 Å². The van der Waals surface area contributed by atoms with Gasteiger partial charge in [-0.25, -0.2) is 4.68 Å². The Labute approximate surface area is 142 Å². The highest BCUT2D eigenvalue weighted by molar-refractivity contribution is 5.40. The molecule has 2 aromatic rings. The Kier molecular flexibility index (Phi) is 5.11. The van der Waals surface area contributed by atoms with Gasteiger partial charge in [0.25, 0.3) is 0 Å². The van der Waals surface area contributed by atoms with Crippen molar-refractivity contribution in [3.8, 4) is 5.82 Å². The normalized spacial score (nSPS) is 17.2. The van der Waals surface area contributed by atoms with Crippen LogP contribution in [0, 0.1) is 13.8 Å². The highest BCUT2D eigenvalue weighted by Crippen LogP contribution is 2.17. The van der Waals surface area contributed by atoms with Crippen LogP contribution in [0.25, 0.3) is 5.82 Å². The number of aromatic nitrogens is 4. The van der Waals surface area contributed by atoms with Gasteiger partial charge in [-0.15, -0.1) is 10.2 Å². The lowest BCUT2D eigenvalue weighted by atomic mass is 10.1. The first-order chi connectivity index (χ1) is 11.6. The molecule has 0 radical (unpaired) electrons. The molecule has 1 atom stereocenters. The van der Waals surface area contributed by atoms with Crippen molar-refractivity contribution in [1.82, 2.24) is 24.9 Å². The van der Waals surface area contributed by atoms with Crippen LogP contribution in [0.4, 0.5) is 5.82 Å². The van der Waals surface area contributed by atoms with Crippen LogP contribution in [0.1, 0.15) is 24.7 Å². The largest absolute Gasteiger partial charge is 0.395 e. The summed E-state index contributed by atoms with van der Waals surface area (Å²) < 4.78 is 1.82. The predicted molar refractivity (Wildman–Crippen MR) is 93.6 cm³/mol. The van der Waals surface area contributed by atoms with Gasteiger partial charge in [-0.3, -0.25) is 4.90 Å². The molecule has 1 N–H and O–H groups in total. The molecule has 3 heterocycles. The molecular weight excluding hydrogens is 304 g/mol. The van der Waals surface area contributed by atoms with Crippen molar-refractivity contribution < 1.29 is 5.11 Å². The summed E-state index contributed by atoms with van der Waals surface area (Å²) in [4.78, 5) is 4.60. The standard InChI is InChI=1S/C17H26N6O/c1-4-15(12-24)21-7-9-22(10-8-21)16-5-6-17(19-18-16)23-14(3)11-13(2)20-23/h5-6,11,15,24H,4,7-10,12H2,1-3H3. The summed E-state index contributed by atoms with van der Waals surface area (Å²) >= 11 is 0. The Morgan fingerprint density at radius 1 is 1.08 bits per heavy atom. The van der Waals surface area contributed by atoms with Gasteiger partial charge < -0.3 is 10.0 Å². The lowest BCUT2D eigenvalue weighted by Crippen LogP contribution is -2.51. The third kappa shape index (κ3) is 3.42. The number of aliphatic hydroxyl groups excluding tert-OH is 1. The average Bonchev–Trinajstić information content (AvgIpc) is 2.95. The average molecular weight is 330 g/mol. The number of nitrogens with zero attached hydrogens (tertiary/aromatic N) is 6. The second kappa shape index (κ2) is 7.27. The molecule has 3 rings (SSSR count). The second-order valence-electron chi connectivity index (χ2n) is 6.36. The molecule has 0 saturated carbocycles. The smallest absolute Gasteiger partial charge is 0.176 e. The topological polar surface area (TPSA) is 70.3 Å². The van der Waals surface area contributed by atoms with Crippen LogP contribution in [0.15, 0.2) is 18.2 Å². The third-order valence-corrected chi connectivity index (χ3v) is 4.70. The summed E-state index contributed by atoms with van der Waals surface area (Å²) in [6.07, 6.45) is 0.980. The fourth-order valence-corrected chi connectivity index (χ4v) is 3.28. The van der Waals surface area contributed by atoms with Crippen LogP contribution in [-0.2, 0) is 0 Å². The zero-order valence-corrected chi connectivity index (χ0v) is 14.7. The summed E-state index contributed by atoms with van der Waals surface area (Å²) in [6, 6.07) is 6.28. The molecule has 1 saturated heterocycles. The number of rotatable bonds is 5. The highest BCUT2D eigenvalue weighted by Gasteiger charge is 2.23. The zero-order chi connectivity index (χ0) is 17.1. The second-order valence-corrected chi connectivity index (χ2v) is 6.36. The minimum Gasteiger partial charge on any atom is -0.395 e. The minimum atomic E-state index is 0.230. The first-order valence-electron chi connectivity index (χ1n) is 8.59. The summed E-state index contributed by atoms with van der Waals surface area (Å²) in [5, 5.41) is 22.6. The van der Waals surface area contributed by atoms with Crippen molar-refractivity contribution in [1.29, 1.82) is 0 Å². The molecule has 7 nitrogen and oxygen atoms in total. The first-order valence-corrected chi connectivity index (χ1v) is 8.59. The third-order valence-electron chi connectivity index (χ3n) is 4.70. The van der Waals surface area contributed by atoms with Gasteiger partial charge in [-0.05, 0) is 38.5 Å². The van der Waals surface area contributed by atoms with E-state index in [-0.39, 0.29) is 12.6 Å². The molecule has 0 bridgehead atoms. The number of aryl methyl sites for hydroxylation is 2. The van der Waals surface area contributed by atoms with Crippen LogP contribution >= 0.6 is 0 Å². The van der Waals surface area contributed by atoms with Gasteiger partial charge in [0, 0.05) is 37.9 Å². The lowest BCUT2D eigenvalue weighted by Gasteiger charge is -2.38. The van der Waals surface area contributed by atoms with Crippen molar-refractivity contribution in [2.45, 2.75) is 33.2 Å². The molecule has 0 spiro atoms. The van der Waals surface area contributed by atoms with E-state index in [9.17, 15) is 5.11 Å². The van der Waals surface area contributed by atoms with Gasteiger partial charge in [0.2, 0.25) is 0 Å². The fraction of sp³-hybridized carbons (Fsp3) is 0.588. The van der Waals surface area contributed by atoms with Crippen LogP contribution in [0.2, 0.25) is 0 Å². The van der Waals surface area contributed by atoms with E-state index in [1.54, 1.807) is 0 Å². The summed E-state index contributed by atoms with van der Waals surface area (Å²) in [7, 11) is 0. The Hall–Kier alpha value is -1.99. The van der Waals surface area contributed by atoms with Gasteiger partial charge in [0.05, 0.1) is 12.3 Å². The molecule has 0 amide bonds. The van der Waals surface area contributed by atoms with Gasteiger partial charge in [0.1, 0.15) is 0 Å². The number of hydrogen-bond acceptors (Lipinski definition) is 6. The van der Waals surface area contributed by atoms with E-state index < -0.39 is 0 Å². The van der Waals surface area contributed by atoms with Gasteiger partial charge in [-0.2, -0.15) is 5.10 Å². The van der Waals surface area contributed by atoms with E-state index in [1.807, 2.05) is 36.7 Å². The maximum Gasteiger partial charge on any atom is 0.176 e. The fourth-order valence-electron chi connectivity index (χ4n) is 3.28. The van der Waals surface area contributed by atoms with E-state index in [0.29, 0.717) is 0 Å². The number of piperazine rings is 1. The summed E-state index contributed by atoms with van der Waals surface area (Å²) in [5.74, 6) is 1.64. The Balaban J connectivity index is 1.66. The molecule has 24 heavy (non-hydrogen) atoms. The maximum absolute atomic E-state index is 9.44. The molecule has 7 heteroatoms. The van der Waals surface area contributed by atoms with Crippen LogP contribution in [0.3, 0.4) is 0 Å². The van der Waals surface area contributed by atoms with E-state index in [0.717, 1.165) is 55.6 Å². The summed E-state index contributed by atoms with van der Waals surface area (Å²) in [5.41, 5.74) is 2.03. The Morgan fingerprint density at radius 3 is 2.25 bits per heavy atom. The van der Waals surface area contributed by atoms with Gasteiger partial charge >= 0.3 is 0 Å². The predicted octanol–water partition coefficient (Wildman–Crippen LogP) is 1.17. The summed E-state index contributed by atoms with van der Waals surface area (Å²) in [6.45, 7) is 10.0. The van der Waals surface area contributed by atoms with Crippen LogP contribution in [0.5, 0.6) is 0 Å². The number of hydrogen-bond donors (Lipinski definition) is 1. The molecule has 2 aromatic heterocycles. The van der Waals surface area contributed by atoms with Crippen LogP contribution < -0.4 is 4.90 Å². The Morgan fingerprint density at radius 2 is 1.75 bits per heavy atom. The minimum absolute atomic E-state index is 0.230. The molecule has 1 aliphatic rings. The maximum atomic E-state index is 9.44. The number of anilines is 1. The van der Waals surface area contributed by atoms with E-state index in [2.05, 4.69) is 32.0 Å². The van der Waals surface area contributed by atoms with Gasteiger partial charge in [-0.1, -0.05) is 6.92 Å². The van der Waals surface area contributed by atoms with Crippen molar-refractivity contribution in [2.75, 3.05) is 37.7 Å². The van der Waals surface area contributed by atoms with Crippen molar-refractivity contribution >= 4 is 5.82 Å². The lowest BCUT2D eigenvalue weighted by molar-refractivity contribution is 0.114. The highest BCUT2D eigenvalue weighted by atomic mass is 16.3. The van der Waals surface area contributed by atoms with Crippen molar-refractivity contribution in [2.24, 2.45) is 0 Å². The Bertz CT molecular complexity index is 656. The van der Waals surface area contributed by atoms with E-state index >= 15 is 0 Å². The molecule has 130 valence electrons. The first kappa shape index (κ1) is 16.9. The molecule has 1 aliphatic heterocycles. The molecule has 0 aliphatic carbocycles. The molecule has 0 aromatic carbocycles. The van der Waals surface area contributed by atoms with Crippen molar-refractivity contribution in [3.05, 3.63) is 29.6 Å². The van der Waals surface area contributed by atoms with E-state index in [4.69, 9.17) is 0 Å². The quantitative estimate of drug-likeness (QED) is 0.887. The zero-order valence-electron chi connectivity index (χ0n) is 14.7. The number of aliphatic hydroxyl groups is 1. The monoisotopic (exact) mass is 330 g/mol. The van der Waals surface area contributed by atoms with E-state index in [1.165, 1.54) is 0 Å². The van der Waals surface area contributed by atoms with Crippen LogP contribution in [-0.4, -0.2) is 68.8 Å². The molecule has 1 unspecified atom stereocenters. The van der Waals surface area contributed by atoms with Crippen molar-refractivity contribution in [3.63, 3.8) is 0 Å². The molecular formula is C17H26N6O.